The fraction of sp³-hybridized carbons (Fsp3) is 1.00. The third-order valence-corrected chi connectivity index (χ3v) is 0. The molecule has 0 aromatic rings. The summed E-state index contributed by atoms with van der Waals surface area (Å²) in [6.07, 6.45) is 0. The summed E-state index contributed by atoms with van der Waals surface area (Å²) in [5.74, 6) is 0. The van der Waals surface area contributed by atoms with E-state index in [-0.39, 0.29) is 7.43 Å². The van der Waals surface area contributed by atoms with Crippen LogP contribution >= 0.6 is 8.16 Å². The molecule has 0 radical (unpaired) electrons. The first kappa shape index (κ1) is 10.1. The van der Waals surface area contributed by atoms with Crippen molar-refractivity contribution < 1.29 is 21.0 Å². The van der Waals surface area contributed by atoms with E-state index in [0.717, 1.165) is 0 Å². The van der Waals surface area contributed by atoms with Crippen molar-refractivity contribution in [3.05, 3.63) is 0 Å². The minimum atomic E-state index is -8.55. The first-order chi connectivity index (χ1) is 2.24. The van der Waals surface area contributed by atoms with Gasteiger partial charge in [-0.05, 0) is 0 Å². The van der Waals surface area contributed by atoms with E-state index >= 15 is 0 Å². The topological polar surface area (TPSA) is 0 Å². The minimum absolute atomic E-state index is 0. The van der Waals surface area contributed by atoms with Gasteiger partial charge in [-0.25, -0.2) is 0 Å². The van der Waals surface area contributed by atoms with Gasteiger partial charge in [0, 0.05) is 0 Å². The van der Waals surface area contributed by atoms with E-state index < -0.39 is 8.16 Å². The summed E-state index contributed by atoms with van der Waals surface area (Å²) < 4.78 is 49.2. The van der Waals surface area contributed by atoms with Crippen molar-refractivity contribution >= 4 is 8.16 Å². The molecule has 0 atom stereocenters. The predicted octanol–water partition coefficient (Wildman–Crippen LogP) is 3.60. The standard InChI is InChI=1S/CH4.F5P/c;1-6(2,3,4)5/h1H4;. The van der Waals surface area contributed by atoms with E-state index in [2.05, 4.69) is 0 Å². The van der Waals surface area contributed by atoms with Gasteiger partial charge in [-0.15, -0.1) is 0 Å². The van der Waals surface area contributed by atoms with Gasteiger partial charge in [0.05, 0.1) is 0 Å². The molecule has 0 heterocycles. The number of hydrogen-bond donors (Lipinski definition) is 0. The zero-order chi connectivity index (χ0) is 5.45. The third-order valence-electron chi connectivity index (χ3n) is 0. The molecule has 0 N–H and O–H groups in total. The van der Waals surface area contributed by atoms with Crippen LogP contribution in [0.3, 0.4) is 0 Å². The summed E-state index contributed by atoms with van der Waals surface area (Å²) in [4.78, 5) is 0. The molecule has 0 aromatic carbocycles. The average molecular weight is 142 g/mol. The second kappa shape index (κ2) is 1.54. The Kier molecular flexibility index (Phi) is 2.24. The summed E-state index contributed by atoms with van der Waals surface area (Å²) >= 11 is 0. The van der Waals surface area contributed by atoms with Crippen LogP contribution in [0.1, 0.15) is 7.43 Å². The molecule has 0 rings (SSSR count). The Morgan fingerprint density at radius 2 is 0.714 bits per heavy atom. The van der Waals surface area contributed by atoms with Gasteiger partial charge in [-0.3, -0.25) is 0 Å². The molecule has 48 valence electrons. The third kappa shape index (κ3) is 15800. The molecular weight excluding hydrogens is 138 g/mol. The molecule has 0 unspecified atom stereocenters. The summed E-state index contributed by atoms with van der Waals surface area (Å²) in [5.41, 5.74) is 0. The summed E-state index contributed by atoms with van der Waals surface area (Å²) in [6, 6.07) is 0. The van der Waals surface area contributed by atoms with Crippen molar-refractivity contribution in [1.29, 1.82) is 0 Å². The number of halogens is 5. The maximum atomic E-state index is 9.84. The van der Waals surface area contributed by atoms with E-state index in [0.29, 0.717) is 0 Å². The Labute approximate surface area is 37.9 Å². The molecule has 0 fully saturated rings. The van der Waals surface area contributed by atoms with Gasteiger partial charge in [-0.1, -0.05) is 7.43 Å². The van der Waals surface area contributed by atoms with Gasteiger partial charge in [-0.2, -0.15) is 0 Å². The molecule has 7 heavy (non-hydrogen) atoms. The van der Waals surface area contributed by atoms with Crippen molar-refractivity contribution in [2.24, 2.45) is 0 Å². The maximum absolute atomic E-state index is 9.84. The van der Waals surface area contributed by atoms with Crippen LogP contribution in [-0.2, 0) is 0 Å². The number of rotatable bonds is 0. The molecule has 0 aliphatic carbocycles. The number of hydrogen-bond acceptors (Lipinski definition) is 0. The Bertz CT molecular complexity index is 41.3. The van der Waals surface area contributed by atoms with Crippen LogP contribution in [0.5, 0.6) is 0 Å². The second-order valence-corrected chi connectivity index (χ2v) is 1.92. The molecular formula is CH4F5P. The van der Waals surface area contributed by atoms with Gasteiger partial charge >= 0.3 is 29.1 Å². The first-order valence-corrected chi connectivity index (χ1v) is 2.54. The van der Waals surface area contributed by atoms with Gasteiger partial charge in [0.2, 0.25) is 0 Å². The molecule has 0 aliphatic heterocycles. The van der Waals surface area contributed by atoms with E-state index in [1.165, 1.54) is 0 Å². The molecule has 0 saturated carbocycles. The summed E-state index contributed by atoms with van der Waals surface area (Å²) in [6.45, 7) is 0. The molecule has 0 nitrogen and oxygen atoms in total. The SMILES string of the molecule is C.FP(F)(F)(F)F. The van der Waals surface area contributed by atoms with Crippen LogP contribution in [-0.4, -0.2) is 0 Å². The van der Waals surface area contributed by atoms with Crippen molar-refractivity contribution in [1.82, 2.24) is 0 Å². The van der Waals surface area contributed by atoms with Crippen LogP contribution in [0.4, 0.5) is 21.0 Å². The van der Waals surface area contributed by atoms with Crippen LogP contribution < -0.4 is 0 Å². The predicted molar refractivity (Wildman–Crippen MR) is 19.2 cm³/mol. The second-order valence-electron chi connectivity index (χ2n) is 0.639. The molecule has 0 aliphatic rings. The molecule has 0 saturated heterocycles. The van der Waals surface area contributed by atoms with E-state index in [1.54, 1.807) is 0 Å². The van der Waals surface area contributed by atoms with Gasteiger partial charge in [0.15, 0.2) is 0 Å². The summed E-state index contributed by atoms with van der Waals surface area (Å²) in [5, 5.41) is 0. The first-order valence-electron chi connectivity index (χ1n) is 0.845. The van der Waals surface area contributed by atoms with E-state index in [9.17, 15) is 21.0 Å². The summed E-state index contributed by atoms with van der Waals surface area (Å²) in [7, 11) is -8.55. The van der Waals surface area contributed by atoms with E-state index in [4.69, 9.17) is 0 Å². The Hall–Kier alpha value is 0.0800. The molecule has 0 spiro atoms. The van der Waals surface area contributed by atoms with Gasteiger partial charge < -0.3 is 0 Å². The van der Waals surface area contributed by atoms with Crippen LogP contribution in [0.25, 0.3) is 0 Å². The molecule has 0 bridgehead atoms. The normalized spacial score (nSPS) is 16.4. The van der Waals surface area contributed by atoms with Gasteiger partial charge in [0.25, 0.3) is 0 Å². The van der Waals surface area contributed by atoms with Crippen molar-refractivity contribution in [2.45, 2.75) is 7.43 Å². The zero-order valence-corrected chi connectivity index (χ0v) is 3.23. The van der Waals surface area contributed by atoms with Gasteiger partial charge in [0.1, 0.15) is 0 Å². The molecule has 0 aromatic heterocycles. The fourth-order valence-electron chi connectivity index (χ4n) is 0. The Balaban J connectivity index is 0. The van der Waals surface area contributed by atoms with Crippen LogP contribution in [0.2, 0.25) is 0 Å². The average Bonchev–Trinajstić information content (AvgIpc) is 0.650. The monoisotopic (exact) mass is 142 g/mol. The van der Waals surface area contributed by atoms with Crippen molar-refractivity contribution in [3.63, 3.8) is 0 Å². The van der Waals surface area contributed by atoms with E-state index in [1.807, 2.05) is 0 Å². The Morgan fingerprint density at radius 1 is 0.714 bits per heavy atom. The van der Waals surface area contributed by atoms with Crippen molar-refractivity contribution in [3.8, 4) is 0 Å². The molecule has 6 heteroatoms. The fourth-order valence-corrected chi connectivity index (χ4v) is 0. The van der Waals surface area contributed by atoms with Crippen molar-refractivity contribution in [2.75, 3.05) is 0 Å². The van der Waals surface area contributed by atoms with Crippen LogP contribution in [0, 0.1) is 0 Å². The quantitative estimate of drug-likeness (QED) is 0.358. The Morgan fingerprint density at radius 3 is 0.714 bits per heavy atom. The van der Waals surface area contributed by atoms with Crippen LogP contribution in [0.15, 0.2) is 0 Å². The zero-order valence-electron chi connectivity index (χ0n) is 2.34. The molecule has 0 amide bonds.